The van der Waals surface area contributed by atoms with Crippen molar-refractivity contribution in [3.63, 3.8) is 0 Å². The van der Waals surface area contributed by atoms with Gasteiger partial charge in [-0.05, 0) is 31.0 Å². The molecule has 2 rings (SSSR count). The number of carbonyl (C=O) groups is 1. The van der Waals surface area contributed by atoms with E-state index in [4.69, 9.17) is 11.6 Å². The van der Waals surface area contributed by atoms with Gasteiger partial charge in [-0.15, -0.1) is 0 Å². The minimum atomic E-state index is -0.453. The molecule has 0 heterocycles. The molecule has 0 unspecified atom stereocenters. The van der Waals surface area contributed by atoms with Crippen LogP contribution in [0.2, 0.25) is 5.02 Å². The highest BCUT2D eigenvalue weighted by atomic mass is 35.5. The van der Waals surface area contributed by atoms with Crippen molar-refractivity contribution < 1.29 is 9.18 Å². The molecule has 4 heteroatoms. The predicted molar refractivity (Wildman–Crippen MR) is 87.5 cm³/mol. The van der Waals surface area contributed by atoms with Crippen molar-refractivity contribution in [1.82, 2.24) is 5.32 Å². The molecule has 22 heavy (non-hydrogen) atoms. The fourth-order valence-electron chi connectivity index (χ4n) is 2.33. The van der Waals surface area contributed by atoms with Crippen LogP contribution in [0, 0.1) is 12.7 Å². The molecular formula is C18H19ClFNO. The molecule has 0 aliphatic carbocycles. The molecular weight excluding hydrogens is 301 g/mol. The smallest absolute Gasteiger partial charge is 0.225 e. The van der Waals surface area contributed by atoms with Crippen molar-refractivity contribution in [2.75, 3.05) is 0 Å². The standard InChI is InChI=1S/C18H19ClFNO/c1-3-17(13-9-7-12(2)8-10-13)21-18(22)11-14-15(19)5-4-6-16(14)20/h4-10,17H,3,11H2,1-2H3,(H,21,22)/t17-/m1/s1. The summed E-state index contributed by atoms with van der Waals surface area (Å²) >= 11 is 5.96. The topological polar surface area (TPSA) is 29.1 Å². The maximum absolute atomic E-state index is 13.7. The molecule has 0 spiro atoms. The van der Waals surface area contributed by atoms with Crippen molar-refractivity contribution in [2.24, 2.45) is 0 Å². The van der Waals surface area contributed by atoms with Gasteiger partial charge in [-0.3, -0.25) is 4.79 Å². The van der Waals surface area contributed by atoms with Crippen LogP contribution in [0.3, 0.4) is 0 Å². The number of rotatable bonds is 5. The number of aryl methyl sites for hydroxylation is 1. The summed E-state index contributed by atoms with van der Waals surface area (Å²) in [4.78, 5) is 12.2. The highest BCUT2D eigenvalue weighted by molar-refractivity contribution is 6.31. The largest absolute Gasteiger partial charge is 0.349 e. The van der Waals surface area contributed by atoms with Crippen LogP contribution >= 0.6 is 11.6 Å². The van der Waals surface area contributed by atoms with E-state index < -0.39 is 5.82 Å². The van der Waals surface area contributed by atoms with E-state index in [9.17, 15) is 9.18 Å². The van der Waals surface area contributed by atoms with Crippen molar-refractivity contribution in [1.29, 1.82) is 0 Å². The van der Waals surface area contributed by atoms with Crippen LogP contribution in [-0.4, -0.2) is 5.91 Å². The lowest BCUT2D eigenvalue weighted by atomic mass is 10.0. The van der Waals surface area contributed by atoms with Crippen molar-refractivity contribution in [3.05, 3.63) is 70.0 Å². The monoisotopic (exact) mass is 319 g/mol. The summed E-state index contributed by atoms with van der Waals surface area (Å²) in [6.07, 6.45) is 0.702. The average Bonchev–Trinajstić information content (AvgIpc) is 2.50. The Labute approximate surface area is 135 Å². The first kappa shape index (κ1) is 16.5. The Morgan fingerprint density at radius 1 is 1.23 bits per heavy atom. The third-order valence-corrected chi connectivity index (χ3v) is 3.98. The van der Waals surface area contributed by atoms with E-state index in [-0.39, 0.29) is 29.0 Å². The maximum atomic E-state index is 13.7. The Kier molecular flexibility index (Phi) is 5.56. The summed E-state index contributed by atoms with van der Waals surface area (Å²) in [5.74, 6) is -0.689. The number of hydrogen-bond donors (Lipinski definition) is 1. The van der Waals surface area contributed by atoms with Crippen LogP contribution < -0.4 is 5.32 Å². The molecule has 0 aromatic heterocycles. The molecule has 0 bridgehead atoms. The van der Waals surface area contributed by atoms with Gasteiger partial charge in [0.05, 0.1) is 12.5 Å². The number of amides is 1. The van der Waals surface area contributed by atoms with E-state index >= 15 is 0 Å². The fraction of sp³-hybridized carbons (Fsp3) is 0.278. The van der Waals surface area contributed by atoms with E-state index in [1.165, 1.54) is 17.7 Å². The zero-order valence-electron chi connectivity index (χ0n) is 12.7. The zero-order valence-corrected chi connectivity index (χ0v) is 13.5. The highest BCUT2D eigenvalue weighted by Gasteiger charge is 2.16. The SMILES string of the molecule is CC[C@@H](NC(=O)Cc1c(F)cccc1Cl)c1ccc(C)cc1. The lowest BCUT2D eigenvalue weighted by Crippen LogP contribution is -2.29. The first-order chi connectivity index (χ1) is 10.5. The lowest BCUT2D eigenvalue weighted by Gasteiger charge is -2.18. The summed E-state index contributed by atoms with van der Waals surface area (Å²) in [5.41, 5.74) is 2.45. The second-order valence-corrected chi connectivity index (χ2v) is 5.72. The second kappa shape index (κ2) is 7.41. The van der Waals surface area contributed by atoms with E-state index in [1.807, 2.05) is 38.1 Å². The summed E-state index contributed by atoms with van der Waals surface area (Å²) in [6, 6.07) is 12.4. The number of benzene rings is 2. The molecule has 1 N–H and O–H groups in total. The normalized spacial score (nSPS) is 12.0. The number of halogens is 2. The predicted octanol–water partition coefficient (Wildman–Crippen LogP) is 4.60. The first-order valence-electron chi connectivity index (χ1n) is 7.30. The van der Waals surface area contributed by atoms with Crippen molar-refractivity contribution >= 4 is 17.5 Å². The molecule has 0 radical (unpaired) electrons. The Hall–Kier alpha value is -1.87. The Morgan fingerprint density at radius 2 is 1.91 bits per heavy atom. The van der Waals surface area contributed by atoms with Crippen molar-refractivity contribution in [3.8, 4) is 0 Å². The molecule has 116 valence electrons. The van der Waals surface area contributed by atoms with Crippen LogP contribution in [0.1, 0.15) is 36.1 Å². The van der Waals surface area contributed by atoms with Crippen LogP contribution in [0.15, 0.2) is 42.5 Å². The molecule has 0 aliphatic heterocycles. The summed E-state index contributed by atoms with van der Waals surface area (Å²) < 4.78 is 13.7. The Morgan fingerprint density at radius 3 is 2.50 bits per heavy atom. The van der Waals surface area contributed by atoms with Crippen LogP contribution in [-0.2, 0) is 11.2 Å². The van der Waals surface area contributed by atoms with Gasteiger partial charge in [0, 0.05) is 10.6 Å². The molecule has 0 saturated heterocycles. The third kappa shape index (κ3) is 4.08. The highest BCUT2D eigenvalue weighted by Crippen LogP contribution is 2.21. The van der Waals surface area contributed by atoms with Crippen LogP contribution in [0.25, 0.3) is 0 Å². The summed E-state index contributed by atoms with van der Waals surface area (Å²) in [6.45, 7) is 4.02. The minimum absolute atomic E-state index is 0.0616. The first-order valence-corrected chi connectivity index (χ1v) is 7.68. The van der Waals surface area contributed by atoms with E-state index in [0.29, 0.717) is 0 Å². The van der Waals surface area contributed by atoms with Gasteiger partial charge in [-0.2, -0.15) is 0 Å². The number of nitrogens with one attached hydrogen (secondary N) is 1. The molecule has 0 fully saturated rings. The molecule has 2 aromatic rings. The molecule has 2 aromatic carbocycles. The lowest BCUT2D eigenvalue weighted by molar-refractivity contribution is -0.121. The van der Waals surface area contributed by atoms with Crippen LogP contribution in [0.5, 0.6) is 0 Å². The van der Waals surface area contributed by atoms with Crippen LogP contribution in [0.4, 0.5) is 4.39 Å². The third-order valence-electron chi connectivity index (χ3n) is 3.62. The van der Waals surface area contributed by atoms with Gasteiger partial charge in [-0.1, -0.05) is 54.4 Å². The quantitative estimate of drug-likeness (QED) is 0.857. The van der Waals surface area contributed by atoms with Gasteiger partial charge in [-0.25, -0.2) is 4.39 Å². The maximum Gasteiger partial charge on any atom is 0.225 e. The summed E-state index contributed by atoms with van der Waals surface area (Å²) in [5, 5.41) is 3.22. The molecule has 1 atom stereocenters. The molecule has 0 saturated carbocycles. The van der Waals surface area contributed by atoms with Gasteiger partial charge in [0.1, 0.15) is 5.82 Å². The summed E-state index contributed by atoms with van der Waals surface area (Å²) in [7, 11) is 0. The Bertz CT molecular complexity index is 634. The van der Waals surface area contributed by atoms with Gasteiger partial charge < -0.3 is 5.32 Å². The number of hydrogen-bond acceptors (Lipinski definition) is 1. The van der Waals surface area contributed by atoms with Gasteiger partial charge in [0.25, 0.3) is 0 Å². The molecule has 0 aliphatic rings. The number of carbonyl (C=O) groups excluding carboxylic acids is 1. The van der Waals surface area contributed by atoms with Gasteiger partial charge in [0.2, 0.25) is 5.91 Å². The van der Waals surface area contributed by atoms with Crippen molar-refractivity contribution in [2.45, 2.75) is 32.7 Å². The average molecular weight is 320 g/mol. The van der Waals surface area contributed by atoms with E-state index in [2.05, 4.69) is 5.32 Å². The minimum Gasteiger partial charge on any atom is -0.349 e. The zero-order chi connectivity index (χ0) is 16.1. The van der Waals surface area contributed by atoms with Gasteiger partial charge in [0.15, 0.2) is 0 Å². The second-order valence-electron chi connectivity index (χ2n) is 5.32. The fourth-order valence-corrected chi connectivity index (χ4v) is 2.56. The van der Waals surface area contributed by atoms with Gasteiger partial charge >= 0.3 is 0 Å². The Balaban J connectivity index is 2.08. The molecule has 2 nitrogen and oxygen atoms in total. The molecule has 1 amide bonds. The van der Waals surface area contributed by atoms with E-state index in [1.54, 1.807) is 6.07 Å². The van der Waals surface area contributed by atoms with E-state index in [0.717, 1.165) is 12.0 Å².